The van der Waals surface area contributed by atoms with E-state index < -0.39 is 0 Å². The summed E-state index contributed by atoms with van der Waals surface area (Å²) in [5.74, 6) is 0. The second-order valence-corrected chi connectivity index (χ2v) is 4.38. The van der Waals surface area contributed by atoms with E-state index in [1.54, 1.807) is 6.20 Å². The van der Waals surface area contributed by atoms with Gasteiger partial charge in [-0.05, 0) is 25.0 Å². The molecule has 1 aromatic heterocycles. The predicted octanol–water partition coefficient (Wildman–Crippen LogP) is 2.39. The van der Waals surface area contributed by atoms with Crippen LogP contribution in [0.4, 0.5) is 11.4 Å². The molecule has 96 valence electrons. The number of aliphatic hydroxyl groups excluding tert-OH is 1. The molecule has 0 aliphatic rings. The van der Waals surface area contributed by atoms with Gasteiger partial charge in [0.2, 0.25) is 0 Å². The number of anilines is 2. The number of hydrogen-bond acceptors (Lipinski definition) is 4. The summed E-state index contributed by atoms with van der Waals surface area (Å²) < 4.78 is 0. The normalized spacial score (nSPS) is 12.6. The summed E-state index contributed by atoms with van der Waals surface area (Å²) in [6.07, 6.45) is 3.03. The van der Waals surface area contributed by atoms with Crippen molar-refractivity contribution in [3.05, 3.63) is 30.5 Å². The minimum absolute atomic E-state index is 0.240. The molecular formula is C14H19N3O. The van der Waals surface area contributed by atoms with Gasteiger partial charge in [-0.2, -0.15) is 0 Å². The first-order chi connectivity index (χ1) is 8.72. The number of nitrogens with two attached hydrogens (primary N) is 1. The molecule has 1 heterocycles. The van der Waals surface area contributed by atoms with Crippen molar-refractivity contribution in [2.45, 2.75) is 25.9 Å². The fourth-order valence-corrected chi connectivity index (χ4v) is 1.93. The van der Waals surface area contributed by atoms with Gasteiger partial charge in [0.05, 0.1) is 17.3 Å². The molecule has 18 heavy (non-hydrogen) atoms. The molecule has 0 saturated carbocycles. The summed E-state index contributed by atoms with van der Waals surface area (Å²) in [6.45, 7) is 2.72. The van der Waals surface area contributed by atoms with Crippen molar-refractivity contribution in [3.8, 4) is 0 Å². The van der Waals surface area contributed by atoms with Crippen molar-refractivity contribution in [2.24, 2.45) is 0 Å². The lowest BCUT2D eigenvalue weighted by atomic mass is 10.1. The minimum atomic E-state index is -0.240. The van der Waals surface area contributed by atoms with E-state index in [4.69, 9.17) is 5.73 Å². The maximum atomic E-state index is 9.52. The van der Waals surface area contributed by atoms with Gasteiger partial charge >= 0.3 is 0 Å². The van der Waals surface area contributed by atoms with E-state index in [0.29, 0.717) is 5.69 Å². The number of aliphatic hydroxyl groups is 1. The lowest BCUT2D eigenvalue weighted by Gasteiger charge is -2.12. The average Bonchev–Trinajstić information content (AvgIpc) is 2.39. The molecule has 0 fully saturated rings. The van der Waals surface area contributed by atoms with Gasteiger partial charge in [0.15, 0.2) is 0 Å². The Morgan fingerprint density at radius 1 is 1.39 bits per heavy atom. The zero-order valence-electron chi connectivity index (χ0n) is 10.6. The Hall–Kier alpha value is -1.81. The van der Waals surface area contributed by atoms with Gasteiger partial charge in [-0.3, -0.25) is 4.98 Å². The highest BCUT2D eigenvalue weighted by molar-refractivity contribution is 5.97. The molecule has 1 aromatic carbocycles. The van der Waals surface area contributed by atoms with Gasteiger partial charge in [0.25, 0.3) is 0 Å². The van der Waals surface area contributed by atoms with Gasteiger partial charge in [-0.25, -0.2) is 0 Å². The van der Waals surface area contributed by atoms with E-state index >= 15 is 0 Å². The smallest absolute Gasteiger partial charge is 0.0951 e. The van der Waals surface area contributed by atoms with E-state index in [0.717, 1.165) is 36.0 Å². The van der Waals surface area contributed by atoms with Crippen LogP contribution in [-0.4, -0.2) is 22.7 Å². The third kappa shape index (κ3) is 2.71. The summed E-state index contributed by atoms with van der Waals surface area (Å²) in [7, 11) is 0. The number of pyridine rings is 1. The molecule has 1 atom stereocenters. The van der Waals surface area contributed by atoms with Crippen LogP contribution in [0.1, 0.15) is 19.8 Å². The predicted molar refractivity (Wildman–Crippen MR) is 75.6 cm³/mol. The molecule has 1 unspecified atom stereocenters. The van der Waals surface area contributed by atoms with Crippen molar-refractivity contribution in [2.75, 3.05) is 17.6 Å². The summed E-state index contributed by atoms with van der Waals surface area (Å²) in [6, 6.07) is 7.70. The summed E-state index contributed by atoms with van der Waals surface area (Å²) in [5, 5.41) is 13.9. The standard InChI is InChI=1S/C14H19N3O/c1-2-10(18)6-8-16-13-7-9-17-14-11(13)4-3-5-12(14)15/h3-5,7,9-10,18H,2,6,8,15H2,1H3,(H,16,17). The third-order valence-corrected chi connectivity index (χ3v) is 3.07. The van der Waals surface area contributed by atoms with Gasteiger partial charge in [0, 0.05) is 23.8 Å². The molecule has 0 amide bonds. The molecule has 4 heteroatoms. The molecule has 0 aliphatic carbocycles. The average molecular weight is 245 g/mol. The van der Waals surface area contributed by atoms with Crippen LogP contribution in [0.5, 0.6) is 0 Å². The van der Waals surface area contributed by atoms with Crippen molar-refractivity contribution in [3.63, 3.8) is 0 Å². The maximum absolute atomic E-state index is 9.52. The lowest BCUT2D eigenvalue weighted by Crippen LogP contribution is -2.12. The van der Waals surface area contributed by atoms with Gasteiger partial charge in [0.1, 0.15) is 0 Å². The quantitative estimate of drug-likeness (QED) is 0.707. The van der Waals surface area contributed by atoms with Gasteiger partial charge in [-0.15, -0.1) is 0 Å². The highest BCUT2D eigenvalue weighted by Gasteiger charge is 2.05. The van der Waals surface area contributed by atoms with Crippen LogP contribution >= 0.6 is 0 Å². The van der Waals surface area contributed by atoms with Crippen molar-refractivity contribution in [1.82, 2.24) is 4.98 Å². The van der Waals surface area contributed by atoms with E-state index in [1.165, 1.54) is 0 Å². The SMILES string of the molecule is CCC(O)CCNc1ccnc2c(N)cccc12. The van der Waals surface area contributed by atoms with Crippen molar-refractivity contribution in [1.29, 1.82) is 0 Å². The number of para-hydroxylation sites is 1. The maximum Gasteiger partial charge on any atom is 0.0951 e. The third-order valence-electron chi connectivity index (χ3n) is 3.07. The Morgan fingerprint density at radius 3 is 3.00 bits per heavy atom. The number of hydrogen-bond donors (Lipinski definition) is 3. The minimum Gasteiger partial charge on any atom is -0.397 e. The number of rotatable bonds is 5. The molecule has 4 nitrogen and oxygen atoms in total. The lowest BCUT2D eigenvalue weighted by molar-refractivity contribution is 0.164. The number of nitrogens with one attached hydrogen (secondary N) is 1. The van der Waals surface area contributed by atoms with Crippen LogP contribution in [0.15, 0.2) is 30.5 Å². The Bertz CT molecular complexity index is 527. The second-order valence-electron chi connectivity index (χ2n) is 4.38. The monoisotopic (exact) mass is 245 g/mol. The fraction of sp³-hybridized carbons (Fsp3) is 0.357. The number of fused-ring (bicyclic) bond motifs is 1. The summed E-state index contributed by atoms with van der Waals surface area (Å²) in [4.78, 5) is 4.29. The van der Waals surface area contributed by atoms with E-state index in [2.05, 4.69) is 10.3 Å². The number of benzene rings is 1. The van der Waals surface area contributed by atoms with Crippen LogP contribution < -0.4 is 11.1 Å². The second kappa shape index (κ2) is 5.69. The van der Waals surface area contributed by atoms with Crippen LogP contribution in [0.25, 0.3) is 10.9 Å². The molecule has 0 aliphatic heterocycles. The largest absolute Gasteiger partial charge is 0.397 e. The molecule has 4 N–H and O–H groups in total. The van der Waals surface area contributed by atoms with Crippen LogP contribution in [-0.2, 0) is 0 Å². The van der Waals surface area contributed by atoms with E-state index in [1.807, 2.05) is 31.2 Å². The number of nitrogen functional groups attached to an aromatic ring is 1. The highest BCUT2D eigenvalue weighted by Crippen LogP contribution is 2.25. The first-order valence-corrected chi connectivity index (χ1v) is 6.27. The fourth-order valence-electron chi connectivity index (χ4n) is 1.93. The van der Waals surface area contributed by atoms with Gasteiger partial charge < -0.3 is 16.2 Å². The molecule has 0 saturated heterocycles. The Kier molecular flexibility index (Phi) is 3.99. The summed E-state index contributed by atoms with van der Waals surface area (Å²) in [5.41, 5.74) is 8.41. The van der Waals surface area contributed by atoms with Crippen LogP contribution in [0, 0.1) is 0 Å². The Labute approximate surface area is 107 Å². The van der Waals surface area contributed by atoms with E-state index in [9.17, 15) is 5.11 Å². The Balaban J connectivity index is 2.16. The highest BCUT2D eigenvalue weighted by atomic mass is 16.3. The molecule has 0 bridgehead atoms. The molecular weight excluding hydrogens is 226 g/mol. The van der Waals surface area contributed by atoms with Crippen LogP contribution in [0.3, 0.4) is 0 Å². The first kappa shape index (κ1) is 12.6. The first-order valence-electron chi connectivity index (χ1n) is 6.27. The van der Waals surface area contributed by atoms with Crippen molar-refractivity contribution >= 4 is 22.3 Å². The van der Waals surface area contributed by atoms with Crippen molar-refractivity contribution < 1.29 is 5.11 Å². The van der Waals surface area contributed by atoms with E-state index in [-0.39, 0.29) is 6.10 Å². The summed E-state index contributed by atoms with van der Waals surface area (Å²) >= 11 is 0. The Morgan fingerprint density at radius 2 is 2.22 bits per heavy atom. The topological polar surface area (TPSA) is 71.2 Å². The molecule has 2 aromatic rings. The molecule has 2 rings (SSSR count). The van der Waals surface area contributed by atoms with Gasteiger partial charge in [-0.1, -0.05) is 19.1 Å². The number of aromatic nitrogens is 1. The number of nitrogens with zero attached hydrogens (tertiary/aromatic N) is 1. The zero-order valence-corrected chi connectivity index (χ0v) is 10.6. The van der Waals surface area contributed by atoms with Crippen LogP contribution in [0.2, 0.25) is 0 Å². The molecule has 0 radical (unpaired) electrons. The molecule has 0 spiro atoms. The zero-order chi connectivity index (χ0) is 13.0.